The third kappa shape index (κ3) is 4.19. The van der Waals surface area contributed by atoms with E-state index in [2.05, 4.69) is 45.6 Å². The van der Waals surface area contributed by atoms with Crippen molar-refractivity contribution in [1.82, 2.24) is 19.7 Å². The SMILES string of the molecule is CC[C@@H](C)n1ncc2cc(C)c(Nc3ncc(C(=O)O)c(N[C@H]4c5ccccc5C[C@H]4O)n3)cc21. The first-order chi connectivity index (χ1) is 16.9. The third-order valence-electron chi connectivity index (χ3n) is 6.71. The lowest BCUT2D eigenvalue weighted by atomic mass is 10.1. The van der Waals surface area contributed by atoms with E-state index in [0.717, 1.165) is 39.7 Å². The Kier molecular flexibility index (Phi) is 5.86. The van der Waals surface area contributed by atoms with E-state index < -0.39 is 18.1 Å². The van der Waals surface area contributed by atoms with Gasteiger partial charge >= 0.3 is 5.97 Å². The van der Waals surface area contributed by atoms with Crippen LogP contribution in [0.25, 0.3) is 10.9 Å². The molecule has 0 amide bonds. The second-order valence-corrected chi connectivity index (χ2v) is 9.05. The molecule has 0 fully saturated rings. The molecule has 9 heteroatoms. The van der Waals surface area contributed by atoms with E-state index >= 15 is 0 Å². The van der Waals surface area contributed by atoms with Gasteiger partial charge in [-0.05, 0) is 49.1 Å². The molecule has 1 aliphatic rings. The monoisotopic (exact) mass is 472 g/mol. The predicted molar refractivity (Wildman–Crippen MR) is 134 cm³/mol. The first-order valence-corrected chi connectivity index (χ1v) is 11.7. The van der Waals surface area contributed by atoms with Crippen molar-refractivity contribution >= 4 is 34.3 Å². The van der Waals surface area contributed by atoms with Crippen LogP contribution in [0.1, 0.15) is 59.4 Å². The fraction of sp³-hybridized carbons (Fsp3) is 0.308. The Labute approximate surface area is 202 Å². The normalized spacial score (nSPS) is 17.8. The summed E-state index contributed by atoms with van der Waals surface area (Å²) in [6.45, 7) is 6.23. The minimum absolute atomic E-state index is 0.0610. The zero-order valence-electron chi connectivity index (χ0n) is 19.9. The molecule has 2 aromatic carbocycles. The van der Waals surface area contributed by atoms with Gasteiger partial charge < -0.3 is 20.8 Å². The Morgan fingerprint density at radius 2 is 2.06 bits per heavy atom. The fourth-order valence-electron chi connectivity index (χ4n) is 4.59. The topological polar surface area (TPSA) is 125 Å². The van der Waals surface area contributed by atoms with Gasteiger partial charge in [-0.3, -0.25) is 4.68 Å². The zero-order chi connectivity index (χ0) is 24.7. The summed E-state index contributed by atoms with van der Waals surface area (Å²) in [4.78, 5) is 20.6. The van der Waals surface area contributed by atoms with Crippen molar-refractivity contribution in [1.29, 1.82) is 0 Å². The summed E-state index contributed by atoms with van der Waals surface area (Å²) in [5.41, 5.74) is 4.70. The van der Waals surface area contributed by atoms with Crippen molar-refractivity contribution in [2.75, 3.05) is 10.6 Å². The molecule has 9 nitrogen and oxygen atoms in total. The average Bonchev–Trinajstić information content (AvgIpc) is 3.39. The lowest BCUT2D eigenvalue weighted by Gasteiger charge is -2.20. The van der Waals surface area contributed by atoms with Crippen molar-refractivity contribution in [3.63, 3.8) is 0 Å². The van der Waals surface area contributed by atoms with Crippen LogP contribution in [-0.4, -0.2) is 42.0 Å². The van der Waals surface area contributed by atoms with E-state index in [1.165, 1.54) is 6.20 Å². The van der Waals surface area contributed by atoms with Gasteiger partial charge in [0.25, 0.3) is 0 Å². The van der Waals surface area contributed by atoms with Gasteiger partial charge in [0.15, 0.2) is 0 Å². The number of nitrogens with one attached hydrogen (secondary N) is 2. The summed E-state index contributed by atoms with van der Waals surface area (Å²) in [5, 5.41) is 32.3. The number of aliphatic hydroxyl groups excluding tert-OH is 1. The number of nitrogens with zero attached hydrogens (tertiary/aromatic N) is 4. The van der Waals surface area contributed by atoms with Crippen molar-refractivity contribution < 1.29 is 15.0 Å². The molecule has 0 radical (unpaired) electrons. The predicted octanol–water partition coefficient (Wildman–Crippen LogP) is 4.62. The molecule has 2 aromatic heterocycles. The lowest BCUT2D eigenvalue weighted by molar-refractivity contribution is 0.0696. The van der Waals surface area contributed by atoms with Gasteiger partial charge in [0.1, 0.15) is 11.4 Å². The number of rotatable bonds is 7. The number of anilines is 3. The van der Waals surface area contributed by atoms with Gasteiger partial charge in [-0.1, -0.05) is 31.2 Å². The third-order valence-corrected chi connectivity index (χ3v) is 6.71. The number of hydrogen-bond acceptors (Lipinski definition) is 7. The number of aryl methyl sites for hydroxylation is 1. The Hall–Kier alpha value is -3.98. The largest absolute Gasteiger partial charge is 0.477 e. The number of hydrogen-bond donors (Lipinski definition) is 4. The van der Waals surface area contributed by atoms with Crippen LogP contribution in [0.2, 0.25) is 0 Å². The van der Waals surface area contributed by atoms with Gasteiger partial charge in [-0.25, -0.2) is 9.78 Å². The van der Waals surface area contributed by atoms with Crippen LogP contribution >= 0.6 is 0 Å². The minimum atomic E-state index is -1.14. The van der Waals surface area contributed by atoms with Crippen LogP contribution in [0.5, 0.6) is 0 Å². The highest BCUT2D eigenvalue weighted by molar-refractivity contribution is 5.93. The molecule has 0 spiro atoms. The molecule has 180 valence electrons. The molecule has 5 rings (SSSR count). The molecule has 0 bridgehead atoms. The van der Waals surface area contributed by atoms with E-state index in [0.29, 0.717) is 6.42 Å². The molecule has 35 heavy (non-hydrogen) atoms. The molecule has 4 aromatic rings. The van der Waals surface area contributed by atoms with Gasteiger partial charge in [-0.2, -0.15) is 10.1 Å². The smallest absolute Gasteiger partial charge is 0.341 e. The maximum atomic E-state index is 11.9. The van der Waals surface area contributed by atoms with Crippen LogP contribution in [0, 0.1) is 6.92 Å². The highest BCUT2D eigenvalue weighted by Crippen LogP contribution is 2.35. The summed E-state index contributed by atoms with van der Waals surface area (Å²) in [5.74, 6) is -0.732. The molecule has 3 atom stereocenters. The first-order valence-electron chi connectivity index (χ1n) is 11.7. The highest BCUT2D eigenvalue weighted by atomic mass is 16.4. The number of aromatic carboxylic acids is 1. The average molecular weight is 473 g/mol. The standard InChI is InChI=1S/C26H28N6O3/c1-4-15(3)32-21-11-20(14(2)9-17(21)12-28-32)29-26-27-13-19(25(34)35)24(31-26)30-23-18-8-6-5-7-16(18)10-22(23)33/h5-9,11-13,15,22-23,33H,4,10H2,1-3H3,(H,34,35)(H2,27,29,30,31)/t15-,22-,23+/m1/s1. The molecule has 0 unspecified atom stereocenters. The van der Waals surface area contributed by atoms with Crippen molar-refractivity contribution in [2.45, 2.75) is 51.8 Å². The quantitative estimate of drug-likeness (QED) is 0.307. The summed E-state index contributed by atoms with van der Waals surface area (Å²) >= 11 is 0. The number of aromatic nitrogens is 4. The number of carboxylic acid groups (broad SMARTS) is 1. The number of carbonyl (C=O) groups is 1. The Bertz CT molecular complexity index is 1420. The Morgan fingerprint density at radius 3 is 2.83 bits per heavy atom. The first kappa shape index (κ1) is 22.8. The summed E-state index contributed by atoms with van der Waals surface area (Å²) in [6.07, 6.45) is 3.91. The van der Waals surface area contributed by atoms with Gasteiger partial charge in [0, 0.05) is 29.7 Å². The maximum absolute atomic E-state index is 11.9. The molecule has 1 aliphatic carbocycles. The Morgan fingerprint density at radius 1 is 1.26 bits per heavy atom. The summed E-state index contributed by atoms with van der Waals surface area (Å²) in [7, 11) is 0. The van der Waals surface area contributed by atoms with Crippen molar-refractivity contribution in [3.8, 4) is 0 Å². The van der Waals surface area contributed by atoms with E-state index in [9.17, 15) is 15.0 Å². The number of benzene rings is 2. The summed E-state index contributed by atoms with van der Waals surface area (Å²) in [6, 6.07) is 11.6. The number of fused-ring (bicyclic) bond motifs is 2. The molecule has 0 saturated carbocycles. The van der Waals surface area contributed by atoms with Crippen LogP contribution in [0.4, 0.5) is 17.5 Å². The molecular weight excluding hydrogens is 444 g/mol. The molecule has 2 heterocycles. The van der Waals surface area contributed by atoms with Gasteiger partial charge in [-0.15, -0.1) is 0 Å². The van der Waals surface area contributed by atoms with Gasteiger partial charge in [0.2, 0.25) is 5.95 Å². The van der Waals surface area contributed by atoms with E-state index in [4.69, 9.17) is 0 Å². The summed E-state index contributed by atoms with van der Waals surface area (Å²) < 4.78 is 2.00. The van der Waals surface area contributed by atoms with Crippen LogP contribution < -0.4 is 10.6 Å². The maximum Gasteiger partial charge on any atom is 0.341 e. The van der Waals surface area contributed by atoms with Crippen LogP contribution in [-0.2, 0) is 6.42 Å². The minimum Gasteiger partial charge on any atom is -0.477 e. The fourth-order valence-corrected chi connectivity index (χ4v) is 4.59. The Balaban J connectivity index is 1.49. The molecule has 0 saturated heterocycles. The molecule has 0 aliphatic heterocycles. The second kappa shape index (κ2) is 8.99. The van der Waals surface area contributed by atoms with Crippen LogP contribution in [0.3, 0.4) is 0 Å². The van der Waals surface area contributed by atoms with Crippen LogP contribution in [0.15, 0.2) is 48.8 Å². The lowest BCUT2D eigenvalue weighted by Crippen LogP contribution is -2.23. The van der Waals surface area contributed by atoms with E-state index in [1.54, 1.807) is 0 Å². The van der Waals surface area contributed by atoms with Crippen molar-refractivity contribution in [2.24, 2.45) is 0 Å². The van der Waals surface area contributed by atoms with E-state index in [1.807, 2.05) is 48.1 Å². The highest BCUT2D eigenvalue weighted by Gasteiger charge is 2.32. The molecule has 4 N–H and O–H groups in total. The second-order valence-electron chi connectivity index (χ2n) is 9.05. The number of carboxylic acids is 1. The van der Waals surface area contributed by atoms with E-state index in [-0.39, 0.29) is 23.4 Å². The number of aliphatic hydroxyl groups is 1. The molecular formula is C26H28N6O3. The van der Waals surface area contributed by atoms with Gasteiger partial charge in [0.05, 0.1) is 23.9 Å². The van der Waals surface area contributed by atoms with Crippen molar-refractivity contribution in [3.05, 3.63) is 71.0 Å². The zero-order valence-corrected chi connectivity index (χ0v) is 19.9.